The summed E-state index contributed by atoms with van der Waals surface area (Å²) in [5.41, 5.74) is -0.0954. The van der Waals surface area contributed by atoms with Gasteiger partial charge in [0.15, 0.2) is 0 Å². The first kappa shape index (κ1) is 13.3. The van der Waals surface area contributed by atoms with Crippen LogP contribution in [0.25, 0.3) is 0 Å². The Labute approximate surface area is 105 Å². The first-order valence-corrected chi connectivity index (χ1v) is 6.46. The van der Waals surface area contributed by atoms with Crippen molar-refractivity contribution in [3.05, 3.63) is 0 Å². The minimum atomic E-state index is -0.315. The van der Waals surface area contributed by atoms with E-state index >= 15 is 0 Å². The van der Waals surface area contributed by atoms with Crippen LogP contribution in [0.5, 0.6) is 0 Å². The Kier molecular flexibility index (Phi) is 2.89. The summed E-state index contributed by atoms with van der Waals surface area (Å²) in [4.78, 5) is 0. The van der Waals surface area contributed by atoms with E-state index in [1.165, 1.54) is 0 Å². The molecule has 3 nitrogen and oxygen atoms in total. The third kappa shape index (κ3) is 1.28. The van der Waals surface area contributed by atoms with Gasteiger partial charge in [0.25, 0.3) is 0 Å². The van der Waals surface area contributed by atoms with Crippen molar-refractivity contribution in [2.45, 2.75) is 52.4 Å². The van der Waals surface area contributed by atoms with Gasteiger partial charge in [-0.05, 0) is 12.3 Å². The van der Waals surface area contributed by atoms with Gasteiger partial charge in [0.05, 0.1) is 18.8 Å². The van der Waals surface area contributed by atoms with Gasteiger partial charge in [0, 0.05) is 25.6 Å². The topological polar surface area (TPSA) is 27.7 Å². The van der Waals surface area contributed by atoms with Crippen molar-refractivity contribution in [2.75, 3.05) is 20.8 Å². The zero-order chi connectivity index (χ0) is 13.1. The van der Waals surface area contributed by atoms with E-state index in [4.69, 9.17) is 14.2 Å². The monoisotopic (exact) mass is 242 g/mol. The Balaban J connectivity index is 2.52. The van der Waals surface area contributed by atoms with Gasteiger partial charge in [-0.3, -0.25) is 0 Å². The summed E-state index contributed by atoms with van der Waals surface area (Å²) in [6, 6.07) is 0. The maximum atomic E-state index is 6.29. The fraction of sp³-hybridized carbons (Fsp3) is 1.00. The van der Waals surface area contributed by atoms with Crippen molar-refractivity contribution in [2.24, 2.45) is 16.7 Å². The smallest absolute Gasteiger partial charge is 0.124 e. The van der Waals surface area contributed by atoms with Crippen LogP contribution < -0.4 is 0 Å². The van der Waals surface area contributed by atoms with Crippen molar-refractivity contribution in [3.63, 3.8) is 0 Å². The summed E-state index contributed by atoms with van der Waals surface area (Å²) >= 11 is 0. The summed E-state index contributed by atoms with van der Waals surface area (Å²) in [7, 11) is 3.53. The molecular weight excluding hydrogens is 216 g/mol. The fourth-order valence-corrected chi connectivity index (χ4v) is 4.29. The van der Waals surface area contributed by atoms with Gasteiger partial charge in [-0.25, -0.2) is 0 Å². The number of fused-ring (bicyclic) bond motifs is 2. The third-order valence-corrected chi connectivity index (χ3v) is 5.80. The number of hydrogen-bond donors (Lipinski definition) is 0. The molecule has 0 N–H and O–H groups in total. The van der Waals surface area contributed by atoms with E-state index in [1.807, 2.05) is 0 Å². The molecule has 1 saturated carbocycles. The van der Waals surface area contributed by atoms with Gasteiger partial charge < -0.3 is 14.2 Å². The number of hydrogen-bond acceptors (Lipinski definition) is 3. The van der Waals surface area contributed by atoms with Crippen molar-refractivity contribution in [1.29, 1.82) is 0 Å². The van der Waals surface area contributed by atoms with Crippen molar-refractivity contribution in [1.82, 2.24) is 0 Å². The minimum absolute atomic E-state index is 0.0356. The van der Waals surface area contributed by atoms with Crippen LogP contribution in [0, 0.1) is 16.7 Å². The highest BCUT2D eigenvalue weighted by Gasteiger charge is 2.75. The second-order valence-electron chi connectivity index (χ2n) is 6.67. The molecule has 1 heterocycles. The summed E-state index contributed by atoms with van der Waals surface area (Å²) in [5, 5.41) is 0. The molecule has 0 aromatic heterocycles. The minimum Gasteiger partial charge on any atom is -0.382 e. The van der Waals surface area contributed by atoms with Gasteiger partial charge in [-0.2, -0.15) is 0 Å². The van der Waals surface area contributed by atoms with E-state index in [9.17, 15) is 0 Å². The molecule has 2 fully saturated rings. The van der Waals surface area contributed by atoms with Crippen molar-refractivity contribution < 1.29 is 14.2 Å². The maximum absolute atomic E-state index is 6.29. The van der Waals surface area contributed by atoms with E-state index in [1.54, 1.807) is 14.2 Å². The average molecular weight is 242 g/mol. The zero-order valence-electron chi connectivity index (χ0n) is 12.2. The lowest BCUT2D eigenvalue weighted by Crippen LogP contribution is -2.57. The Morgan fingerprint density at radius 1 is 1.12 bits per heavy atom. The van der Waals surface area contributed by atoms with Crippen molar-refractivity contribution in [3.8, 4) is 0 Å². The van der Waals surface area contributed by atoms with Crippen molar-refractivity contribution >= 4 is 0 Å². The van der Waals surface area contributed by atoms with Gasteiger partial charge in [0.1, 0.15) is 5.60 Å². The molecule has 0 spiro atoms. The van der Waals surface area contributed by atoms with Crippen LogP contribution in [-0.2, 0) is 14.2 Å². The van der Waals surface area contributed by atoms with Gasteiger partial charge in [-0.15, -0.1) is 0 Å². The molecular formula is C14H26O3. The molecule has 0 unspecified atom stereocenters. The quantitative estimate of drug-likeness (QED) is 0.761. The SMILES string of the molecule is COC[C@@]12O[C@@H](C)[C@@H]([C@@H]1OC)C(C)(C)C2(C)C. The molecule has 2 aliphatic rings. The third-order valence-electron chi connectivity index (χ3n) is 5.80. The van der Waals surface area contributed by atoms with Crippen LogP contribution in [0.2, 0.25) is 0 Å². The fourth-order valence-electron chi connectivity index (χ4n) is 4.29. The highest BCUT2D eigenvalue weighted by molar-refractivity contribution is 5.23. The van der Waals surface area contributed by atoms with Crippen LogP contribution in [0.15, 0.2) is 0 Å². The molecule has 3 heteroatoms. The summed E-state index contributed by atoms with van der Waals surface area (Å²) in [5.74, 6) is 0.428. The van der Waals surface area contributed by atoms with Crippen LogP contribution >= 0.6 is 0 Å². The van der Waals surface area contributed by atoms with E-state index in [-0.39, 0.29) is 28.6 Å². The molecule has 2 rings (SSSR count). The van der Waals surface area contributed by atoms with Gasteiger partial charge in [0.2, 0.25) is 0 Å². The molecule has 0 aromatic rings. The van der Waals surface area contributed by atoms with E-state index < -0.39 is 0 Å². The molecule has 0 radical (unpaired) electrons. The second kappa shape index (κ2) is 3.69. The predicted molar refractivity (Wildman–Crippen MR) is 67.0 cm³/mol. The van der Waals surface area contributed by atoms with Crippen LogP contribution in [-0.4, -0.2) is 38.6 Å². The first-order valence-electron chi connectivity index (χ1n) is 6.46. The summed E-state index contributed by atoms with van der Waals surface area (Å²) < 4.78 is 17.5. The second-order valence-corrected chi connectivity index (χ2v) is 6.67. The first-order chi connectivity index (χ1) is 7.76. The average Bonchev–Trinajstić information content (AvgIpc) is 2.56. The van der Waals surface area contributed by atoms with Crippen LogP contribution in [0.4, 0.5) is 0 Å². The molecule has 100 valence electrons. The molecule has 1 aliphatic heterocycles. The largest absolute Gasteiger partial charge is 0.382 e. The lowest BCUT2D eigenvalue weighted by molar-refractivity contribution is -0.214. The number of rotatable bonds is 3. The summed E-state index contributed by atoms with van der Waals surface area (Å²) in [6.07, 6.45) is 0.362. The Morgan fingerprint density at radius 2 is 1.71 bits per heavy atom. The standard InChI is InChI=1S/C14H26O3/c1-9-10-11(16-7)14(17-9,8-15-6)13(4,5)12(10,2)3/h9-11H,8H2,1-7H3/t9-,10-,11-,14+/m0/s1. The Hall–Kier alpha value is -0.120. The predicted octanol–water partition coefficient (Wildman–Crippen LogP) is 2.49. The lowest BCUT2D eigenvalue weighted by atomic mass is 9.61. The number of methoxy groups -OCH3 is 2. The molecule has 1 aliphatic carbocycles. The van der Waals surface area contributed by atoms with E-state index in [2.05, 4.69) is 34.6 Å². The highest BCUT2D eigenvalue weighted by Crippen LogP contribution is 2.68. The molecule has 17 heavy (non-hydrogen) atoms. The van der Waals surface area contributed by atoms with Crippen LogP contribution in [0.1, 0.15) is 34.6 Å². The van der Waals surface area contributed by atoms with E-state index in [0.29, 0.717) is 12.5 Å². The lowest BCUT2D eigenvalue weighted by Gasteiger charge is -2.52. The summed E-state index contributed by atoms with van der Waals surface area (Å²) in [6.45, 7) is 12.0. The molecule has 4 atom stereocenters. The molecule has 2 bridgehead atoms. The zero-order valence-corrected chi connectivity index (χ0v) is 12.2. The Bertz CT molecular complexity index is 311. The van der Waals surface area contributed by atoms with E-state index in [0.717, 1.165) is 0 Å². The van der Waals surface area contributed by atoms with Gasteiger partial charge >= 0.3 is 0 Å². The molecule has 1 saturated heterocycles. The maximum Gasteiger partial charge on any atom is 0.124 e. The normalized spacial score (nSPS) is 46.4. The van der Waals surface area contributed by atoms with Gasteiger partial charge in [-0.1, -0.05) is 27.7 Å². The number of ether oxygens (including phenoxy) is 3. The van der Waals surface area contributed by atoms with Crippen LogP contribution in [0.3, 0.4) is 0 Å². The molecule has 0 aromatic carbocycles. The molecule has 0 amide bonds. The highest BCUT2D eigenvalue weighted by atomic mass is 16.6. The Morgan fingerprint density at radius 3 is 2.18 bits per heavy atom.